The molecule has 0 aliphatic carbocycles. The number of imidazole rings is 1. The van der Waals surface area contributed by atoms with Gasteiger partial charge in [0.05, 0.1) is 23.1 Å². The number of aromatic nitrogens is 3. The van der Waals surface area contributed by atoms with Gasteiger partial charge in [-0.1, -0.05) is 0 Å². The van der Waals surface area contributed by atoms with Crippen LogP contribution in [0.3, 0.4) is 0 Å². The molecule has 0 amide bonds. The number of nitrogens with one attached hydrogen (secondary N) is 1. The second kappa shape index (κ2) is 9.47. The minimum Gasteiger partial charge on any atom is -0.478 e. The first-order valence-corrected chi connectivity index (χ1v) is 11.6. The van der Waals surface area contributed by atoms with Gasteiger partial charge in [-0.3, -0.25) is 4.90 Å². The number of hydrogen-bond donors (Lipinski definition) is 2. The number of fused-ring (bicyclic) bond motifs is 4. The lowest BCUT2D eigenvalue weighted by atomic mass is 10.0. The number of nitrogens with zero attached hydrogens (tertiary/aromatic N) is 3. The predicted molar refractivity (Wildman–Crippen MR) is 126 cm³/mol. The Hall–Kier alpha value is -3.57. The first-order valence-electron chi connectivity index (χ1n) is 11.6. The molecule has 0 spiro atoms. The van der Waals surface area contributed by atoms with Gasteiger partial charge in [-0.05, 0) is 48.4 Å². The summed E-state index contributed by atoms with van der Waals surface area (Å²) in [7, 11) is 1.85. The topological polar surface area (TPSA) is 92.6 Å². The van der Waals surface area contributed by atoms with E-state index in [0.29, 0.717) is 24.0 Å². The summed E-state index contributed by atoms with van der Waals surface area (Å²) in [6, 6.07) is 9.15. The fourth-order valence-corrected chi connectivity index (χ4v) is 4.44. The van der Waals surface area contributed by atoms with E-state index in [0.717, 1.165) is 54.3 Å². The number of carboxylic acid groups (broad SMARTS) is 1. The van der Waals surface area contributed by atoms with E-state index in [1.165, 1.54) is 24.6 Å². The van der Waals surface area contributed by atoms with Gasteiger partial charge in [0.2, 0.25) is 0 Å². The highest BCUT2D eigenvalue weighted by Crippen LogP contribution is 2.33. The Balaban J connectivity index is 0.000000608. The molecule has 2 aliphatic rings. The van der Waals surface area contributed by atoms with E-state index in [4.69, 9.17) is 4.74 Å². The molecule has 0 saturated carbocycles. The molecular weight excluding hydrogens is 477 g/mol. The SMILES string of the molecule is C1COC1.Cn1c(CN2CCc3[nH]c4ccc(OC(F)(F)F)cc4c3C2)nc2ccc(C(=O)O)cc21. The number of alkyl halides is 3. The summed E-state index contributed by atoms with van der Waals surface area (Å²) >= 11 is 0. The number of carboxylic acids is 1. The molecule has 8 nitrogen and oxygen atoms in total. The average molecular weight is 502 g/mol. The zero-order valence-electron chi connectivity index (χ0n) is 19.6. The number of aromatic carboxylic acids is 1. The normalized spacial score (nSPS) is 15.8. The van der Waals surface area contributed by atoms with Crippen LogP contribution in [0.2, 0.25) is 0 Å². The number of carbonyl (C=O) groups is 1. The van der Waals surface area contributed by atoms with E-state index in [1.807, 2.05) is 11.6 Å². The molecule has 4 aromatic rings. The Morgan fingerprint density at radius 2 is 1.97 bits per heavy atom. The molecule has 11 heteroatoms. The second-order valence-electron chi connectivity index (χ2n) is 8.86. The van der Waals surface area contributed by atoms with Gasteiger partial charge in [0.1, 0.15) is 11.6 Å². The van der Waals surface area contributed by atoms with Gasteiger partial charge in [0.15, 0.2) is 0 Å². The van der Waals surface area contributed by atoms with E-state index in [2.05, 4.69) is 19.6 Å². The number of aromatic amines is 1. The van der Waals surface area contributed by atoms with Gasteiger partial charge >= 0.3 is 12.3 Å². The molecule has 36 heavy (non-hydrogen) atoms. The van der Waals surface area contributed by atoms with E-state index < -0.39 is 12.3 Å². The number of hydrogen-bond acceptors (Lipinski definition) is 5. The molecule has 1 saturated heterocycles. The van der Waals surface area contributed by atoms with Crippen LogP contribution < -0.4 is 4.74 Å². The van der Waals surface area contributed by atoms with Crippen molar-refractivity contribution < 1.29 is 32.5 Å². The number of halogens is 3. The third-order valence-electron chi connectivity index (χ3n) is 6.42. The molecule has 2 aliphatic heterocycles. The minimum absolute atomic E-state index is 0.199. The number of H-pyrrole nitrogens is 1. The molecular formula is C25H25F3N4O4. The predicted octanol–water partition coefficient (Wildman–Crippen LogP) is 4.62. The summed E-state index contributed by atoms with van der Waals surface area (Å²) in [5.74, 6) is -0.452. The summed E-state index contributed by atoms with van der Waals surface area (Å²) in [6.45, 7) is 3.84. The molecule has 4 heterocycles. The lowest BCUT2D eigenvalue weighted by Gasteiger charge is -2.26. The van der Waals surface area contributed by atoms with E-state index in [1.54, 1.807) is 18.2 Å². The number of benzene rings is 2. The van der Waals surface area contributed by atoms with Gasteiger partial charge < -0.3 is 24.1 Å². The lowest BCUT2D eigenvalue weighted by Crippen LogP contribution is -2.30. The van der Waals surface area contributed by atoms with Crippen LogP contribution in [0.1, 0.15) is 33.9 Å². The molecule has 2 aromatic carbocycles. The summed E-state index contributed by atoms with van der Waals surface area (Å²) in [6.07, 6.45) is -2.73. The van der Waals surface area contributed by atoms with Crippen LogP contribution in [-0.4, -0.2) is 56.6 Å². The number of aryl methyl sites for hydroxylation is 1. The summed E-state index contributed by atoms with van der Waals surface area (Å²) in [5.41, 5.74) is 4.38. The van der Waals surface area contributed by atoms with Crippen molar-refractivity contribution in [3.63, 3.8) is 0 Å². The minimum atomic E-state index is -4.74. The molecule has 0 radical (unpaired) electrons. The maximum atomic E-state index is 12.6. The van der Waals surface area contributed by atoms with Crippen molar-refractivity contribution in [3.05, 3.63) is 59.0 Å². The number of ether oxygens (including phenoxy) is 2. The maximum absolute atomic E-state index is 12.6. The molecule has 1 fully saturated rings. The van der Waals surface area contributed by atoms with Crippen LogP contribution >= 0.6 is 0 Å². The second-order valence-corrected chi connectivity index (χ2v) is 8.86. The lowest BCUT2D eigenvalue weighted by molar-refractivity contribution is -0.274. The van der Waals surface area contributed by atoms with Crippen LogP contribution in [-0.2, 0) is 31.3 Å². The molecule has 6 rings (SSSR count). The fraction of sp³-hybridized carbons (Fsp3) is 0.360. The van der Waals surface area contributed by atoms with E-state index in [9.17, 15) is 23.1 Å². The van der Waals surface area contributed by atoms with Crippen molar-refractivity contribution in [2.24, 2.45) is 7.05 Å². The Morgan fingerprint density at radius 3 is 2.64 bits per heavy atom. The van der Waals surface area contributed by atoms with Crippen molar-refractivity contribution in [2.75, 3.05) is 19.8 Å². The zero-order chi connectivity index (χ0) is 25.4. The maximum Gasteiger partial charge on any atom is 0.573 e. The van der Waals surface area contributed by atoms with Crippen LogP contribution in [0.5, 0.6) is 5.75 Å². The zero-order valence-corrected chi connectivity index (χ0v) is 19.6. The average Bonchev–Trinajstić information content (AvgIpc) is 3.28. The van der Waals surface area contributed by atoms with E-state index >= 15 is 0 Å². The molecule has 190 valence electrons. The Labute approximate surface area is 204 Å². The Kier molecular flexibility index (Phi) is 6.35. The molecule has 0 atom stereocenters. The molecule has 0 unspecified atom stereocenters. The highest BCUT2D eigenvalue weighted by molar-refractivity contribution is 5.92. The van der Waals surface area contributed by atoms with Gasteiger partial charge in [-0.2, -0.15) is 0 Å². The third kappa shape index (κ3) is 5.02. The van der Waals surface area contributed by atoms with Crippen molar-refractivity contribution in [1.82, 2.24) is 19.4 Å². The Morgan fingerprint density at radius 1 is 1.22 bits per heavy atom. The summed E-state index contributed by atoms with van der Waals surface area (Å²) in [4.78, 5) is 21.4. The highest BCUT2D eigenvalue weighted by atomic mass is 19.4. The molecule has 0 bridgehead atoms. The fourth-order valence-electron chi connectivity index (χ4n) is 4.44. The van der Waals surface area contributed by atoms with E-state index in [-0.39, 0.29) is 11.3 Å². The first kappa shape index (κ1) is 24.1. The van der Waals surface area contributed by atoms with Crippen molar-refractivity contribution in [1.29, 1.82) is 0 Å². The largest absolute Gasteiger partial charge is 0.573 e. The van der Waals surface area contributed by atoms with Gasteiger partial charge in [-0.15, -0.1) is 13.2 Å². The Bertz CT molecular complexity index is 1420. The van der Waals surface area contributed by atoms with Crippen LogP contribution in [0.15, 0.2) is 36.4 Å². The molecule has 2 aromatic heterocycles. The van der Waals surface area contributed by atoms with Gasteiger partial charge in [0.25, 0.3) is 0 Å². The van der Waals surface area contributed by atoms with Crippen molar-refractivity contribution in [2.45, 2.75) is 32.3 Å². The quantitative estimate of drug-likeness (QED) is 0.423. The summed E-state index contributed by atoms with van der Waals surface area (Å²) in [5, 5.41) is 9.94. The van der Waals surface area contributed by atoms with Crippen LogP contribution in [0.25, 0.3) is 21.9 Å². The van der Waals surface area contributed by atoms with Gasteiger partial charge in [0, 0.05) is 56.4 Å². The molecule has 2 N–H and O–H groups in total. The summed E-state index contributed by atoms with van der Waals surface area (Å²) < 4.78 is 48.6. The first-order chi connectivity index (χ1) is 17.2. The third-order valence-corrected chi connectivity index (χ3v) is 6.42. The monoisotopic (exact) mass is 502 g/mol. The number of rotatable bonds is 4. The highest BCUT2D eigenvalue weighted by Gasteiger charge is 2.31. The van der Waals surface area contributed by atoms with Crippen molar-refractivity contribution in [3.8, 4) is 5.75 Å². The smallest absolute Gasteiger partial charge is 0.478 e. The van der Waals surface area contributed by atoms with Gasteiger partial charge in [-0.25, -0.2) is 9.78 Å². The van der Waals surface area contributed by atoms with Crippen LogP contribution in [0.4, 0.5) is 13.2 Å². The van der Waals surface area contributed by atoms with Crippen molar-refractivity contribution >= 4 is 27.9 Å². The standard InChI is InChI=1S/C22H19F3N4O3.C3H6O/c1-28-19-8-12(21(30)31)2-4-18(19)27-20(28)11-29-7-6-17-15(10-29)14-9-13(32-22(23,24)25)3-5-16(14)26-17;1-2-4-3-1/h2-5,8-9,26H,6-7,10-11H2,1H3,(H,30,31);1-3H2. The van der Waals surface area contributed by atoms with Crippen LogP contribution in [0, 0.1) is 0 Å².